The van der Waals surface area contributed by atoms with Gasteiger partial charge in [0.1, 0.15) is 0 Å². The summed E-state index contributed by atoms with van der Waals surface area (Å²) in [6.45, 7) is 0.00981. The van der Waals surface area contributed by atoms with Crippen molar-refractivity contribution in [3.05, 3.63) is 59.1 Å². The molecule has 0 fully saturated rings. The van der Waals surface area contributed by atoms with E-state index in [1.807, 2.05) is 24.3 Å². The van der Waals surface area contributed by atoms with Crippen LogP contribution in [0, 0.1) is 0 Å². The zero-order valence-corrected chi connectivity index (χ0v) is 13.6. The van der Waals surface area contributed by atoms with Crippen molar-refractivity contribution < 1.29 is 13.5 Å². The molecule has 0 bridgehead atoms. The fourth-order valence-corrected chi connectivity index (χ4v) is 4.41. The number of hydrogen-bond donors (Lipinski definition) is 1. The number of benzene rings is 2. The van der Waals surface area contributed by atoms with Crippen molar-refractivity contribution in [1.82, 2.24) is 0 Å². The Labute approximate surface area is 133 Å². The van der Waals surface area contributed by atoms with Crippen LogP contribution in [0.5, 0.6) is 0 Å². The van der Waals surface area contributed by atoms with Gasteiger partial charge in [0, 0.05) is 15.7 Å². The predicted octanol–water partition coefficient (Wildman–Crippen LogP) is 3.40. The molecule has 0 aromatic heterocycles. The Kier molecular flexibility index (Phi) is 5.70. The zero-order chi connectivity index (χ0) is 15.3. The smallest absolute Gasteiger partial charge is 0.179 e. The van der Waals surface area contributed by atoms with Crippen molar-refractivity contribution in [3.63, 3.8) is 0 Å². The number of halogens is 1. The molecule has 1 N–H and O–H groups in total. The third kappa shape index (κ3) is 4.74. The summed E-state index contributed by atoms with van der Waals surface area (Å²) in [5.41, 5.74) is 0.841. The van der Waals surface area contributed by atoms with Gasteiger partial charge in [0.05, 0.1) is 17.3 Å². The van der Waals surface area contributed by atoms with Crippen LogP contribution in [-0.2, 0) is 16.4 Å². The molecular formula is C15H15ClO3S2. The molecule has 6 heteroatoms. The highest BCUT2D eigenvalue weighted by Gasteiger charge is 2.14. The fourth-order valence-electron chi connectivity index (χ4n) is 1.72. The maximum absolute atomic E-state index is 12.1. The monoisotopic (exact) mass is 342 g/mol. The summed E-state index contributed by atoms with van der Waals surface area (Å²) < 4.78 is 24.3. The SMILES string of the molecule is O=S(=O)(CCSc1ccc(CO)cc1)c1ccc(Cl)cc1. The Hall–Kier alpha value is -1.01. The van der Waals surface area contributed by atoms with Gasteiger partial charge in [-0.25, -0.2) is 8.42 Å². The summed E-state index contributed by atoms with van der Waals surface area (Å²) in [6, 6.07) is 13.6. The number of rotatable bonds is 6. The number of hydrogen-bond acceptors (Lipinski definition) is 4. The highest BCUT2D eigenvalue weighted by Crippen LogP contribution is 2.21. The molecule has 0 saturated carbocycles. The largest absolute Gasteiger partial charge is 0.392 e. The van der Waals surface area contributed by atoms with Crippen molar-refractivity contribution >= 4 is 33.2 Å². The summed E-state index contributed by atoms with van der Waals surface area (Å²) in [7, 11) is -3.28. The molecule has 0 aliphatic rings. The molecule has 0 atom stereocenters. The Balaban J connectivity index is 1.93. The molecule has 2 aromatic carbocycles. The van der Waals surface area contributed by atoms with Crippen LogP contribution in [0.25, 0.3) is 0 Å². The van der Waals surface area contributed by atoms with Crippen LogP contribution < -0.4 is 0 Å². The van der Waals surface area contributed by atoms with Gasteiger partial charge in [-0.05, 0) is 42.0 Å². The van der Waals surface area contributed by atoms with E-state index in [0.717, 1.165) is 10.5 Å². The van der Waals surface area contributed by atoms with Gasteiger partial charge in [-0.15, -0.1) is 11.8 Å². The van der Waals surface area contributed by atoms with Gasteiger partial charge >= 0.3 is 0 Å². The van der Waals surface area contributed by atoms with Crippen LogP contribution in [0.4, 0.5) is 0 Å². The van der Waals surface area contributed by atoms with E-state index < -0.39 is 9.84 Å². The first kappa shape index (κ1) is 16.4. The maximum atomic E-state index is 12.1. The van der Waals surface area contributed by atoms with Crippen LogP contribution in [0.3, 0.4) is 0 Å². The molecule has 2 aromatic rings. The second-order valence-electron chi connectivity index (χ2n) is 4.42. The minimum absolute atomic E-state index is 0.00981. The van der Waals surface area contributed by atoms with Crippen LogP contribution in [0.2, 0.25) is 5.02 Å². The third-order valence-electron chi connectivity index (χ3n) is 2.90. The molecular weight excluding hydrogens is 328 g/mol. The Morgan fingerprint density at radius 3 is 2.19 bits per heavy atom. The van der Waals surface area contributed by atoms with Gasteiger partial charge in [-0.3, -0.25) is 0 Å². The van der Waals surface area contributed by atoms with E-state index in [9.17, 15) is 8.42 Å². The fraction of sp³-hybridized carbons (Fsp3) is 0.200. The summed E-state index contributed by atoms with van der Waals surface area (Å²) in [5, 5.41) is 9.48. The van der Waals surface area contributed by atoms with E-state index in [2.05, 4.69) is 0 Å². The first-order valence-corrected chi connectivity index (χ1v) is 9.34. The first-order chi connectivity index (χ1) is 10.0. The summed E-state index contributed by atoms with van der Waals surface area (Å²) in [5.74, 6) is 0.546. The lowest BCUT2D eigenvalue weighted by Crippen LogP contribution is -2.08. The third-order valence-corrected chi connectivity index (χ3v) is 6.16. The van der Waals surface area contributed by atoms with E-state index in [4.69, 9.17) is 16.7 Å². The van der Waals surface area contributed by atoms with Gasteiger partial charge in [-0.1, -0.05) is 23.7 Å². The van der Waals surface area contributed by atoms with Crippen LogP contribution >= 0.6 is 23.4 Å². The van der Waals surface area contributed by atoms with Gasteiger partial charge in [0.25, 0.3) is 0 Å². The van der Waals surface area contributed by atoms with E-state index in [-0.39, 0.29) is 12.4 Å². The molecule has 0 unspecified atom stereocenters. The van der Waals surface area contributed by atoms with Gasteiger partial charge in [0.15, 0.2) is 9.84 Å². The lowest BCUT2D eigenvalue weighted by atomic mass is 10.2. The van der Waals surface area contributed by atoms with Crippen molar-refractivity contribution in [2.45, 2.75) is 16.4 Å². The van der Waals surface area contributed by atoms with E-state index >= 15 is 0 Å². The molecule has 0 aliphatic heterocycles. The molecule has 0 radical (unpaired) electrons. The Morgan fingerprint density at radius 1 is 1.00 bits per heavy atom. The highest BCUT2D eigenvalue weighted by molar-refractivity contribution is 8.00. The number of thioether (sulfide) groups is 1. The van der Waals surface area contributed by atoms with Crippen molar-refractivity contribution in [2.24, 2.45) is 0 Å². The highest BCUT2D eigenvalue weighted by atomic mass is 35.5. The van der Waals surface area contributed by atoms with Crippen molar-refractivity contribution in [2.75, 3.05) is 11.5 Å². The second-order valence-corrected chi connectivity index (χ2v) is 8.14. The topological polar surface area (TPSA) is 54.4 Å². The predicted molar refractivity (Wildman–Crippen MR) is 86.6 cm³/mol. The van der Waals surface area contributed by atoms with E-state index in [0.29, 0.717) is 15.7 Å². The lowest BCUT2D eigenvalue weighted by Gasteiger charge is -2.05. The molecule has 3 nitrogen and oxygen atoms in total. The molecule has 2 rings (SSSR count). The molecule has 0 heterocycles. The summed E-state index contributed by atoms with van der Waals surface area (Å²) in [4.78, 5) is 1.28. The lowest BCUT2D eigenvalue weighted by molar-refractivity contribution is 0.282. The van der Waals surface area contributed by atoms with Crippen LogP contribution in [0.15, 0.2) is 58.3 Å². The zero-order valence-electron chi connectivity index (χ0n) is 11.2. The second kappa shape index (κ2) is 7.31. The minimum Gasteiger partial charge on any atom is -0.392 e. The molecule has 0 spiro atoms. The Morgan fingerprint density at radius 2 is 1.62 bits per heavy atom. The first-order valence-electron chi connectivity index (χ1n) is 6.32. The maximum Gasteiger partial charge on any atom is 0.179 e. The number of aliphatic hydroxyl groups excluding tert-OH is 1. The summed E-state index contributed by atoms with van der Waals surface area (Å²) >= 11 is 7.23. The Bertz CT molecular complexity index is 680. The molecule has 0 aliphatic carbocycles. The average Bonchev–Trinajstić information content (AvgIpc) is 2.48. The minimum atomic E-state index is -3.28. The normalized spacial score (nSPS) is 11.5. The number of aliphatic hydroxyl groups is 1. The van der Waals surface area contributed by atoms with Gasteiger partial charge in [-0.2, -0.15) is 0 Å². The number of sulfone groups is 1. The van der Waals surface area contributed by atoms with Crippen LogP contribution in [0.1, 0.15) is 5.56 Å². The quantitative estimate of drug-likeness (QED) is 0.817. The molecule has 21 heavy (non-hydrogen) atoms. The van der Waals surface area contributed by atoms with Crippen molar-refractivity contribution in [1.29, 1.82) is 0 Å². The van der Waals surface area contributed by atoms with E-state index in [1.165, 1.54) is 23.9 Å². The van der Waals surface area contributed by atoms with Gasteiger partial charge < -0.3 is 5.11 Å². The van der Waals surface area contributed by atoms with Crippen LogP contribution in [-0.4, -0.2) is 25.0 Å². The molecule has 0 saturated heterocycles. The summed E-state index contributed by atoms with van der Waals surface area (Å²) in [6.07, 6.45) is 0. The van der Waals surface area contributed by atoms with Gasteiger partial charge in [0.2, 0.25) is 0 Å². The molecule has 112 valence electrons. The van der Waals surface area contributed by atoms with E-state index in [1.54, 1.807) is 12.1 Å². The van der Waals surface area contributed by atoms with Crippen molar-refractivity contribution in [3.8, 4) is 0 Å². The standard InChI is InChI=1S/C15H15ClO3S2/c16-13-3-7-15(8-4-13)21(18,19)10-9-20-14-5-1-12(11-17)2-6-14/h1-8,17H,9-11H2. The molecule has 0 amide bonds. The average molecular weight is 343 g/mol.